The van der Waals surface area contributed by atoms with Crippen molar-refractivity contribution in [2.75, 3.05) is 25.8 Å². The average molecular weight is 486 g/mol. The Morgan fingerprint density at radius 3 is 3.03 bits per heavy atom. The van der Waals surface area contributed by atoms with Gasteiger partial charge in [-0.25, -0.2) is 9.78 Å². The van der Waals surface area contributed by atoms with Crippen molar-refractivity contribution in [3.63, 3.8) is 0 Å². The van der Waals surface area contributed by atoms with Crippen LogP contribution in [0.2, 0.25) is 0 Å². The number of aliphatic hydroxyl groups excluding tert-OH is 1. The summed E-state index contributed by atoms with van der Waals surface area (Å²) in [5.74, 6) is -0.486. The minimum atomic E-state index is -0.974. The number of thiazole rings is 1. The smallest absolute Gasteiger partial charge is 0.353 e. The minimum absolute atomic E-state index is 0.0642. The molecule has 10 heteroatoms. The zero-order valence-corrected chi connectivity index (χ0v) is 20.2. The zero-order chi connectivity index (χ0) is 22.3. The zero-order valence-electron chi connectivity index (χ0n) is 17.8. The summed E-state index contributed by atoms with van der Waals surface area (Å²) in [4.78, 5) is 19.6. The van der Waals surface area contributed by atoms with Gasteiger partial charge in [-0.3, -0.25) is 0 Å². The van der Waals surface area contributed by atoms with E-state index in [0.717, 1.165) is 27.9 Å². The predicted octanol–water partition coefficient (Wildman–Crippen LogP) is 3.21. The molecule has 0 amide bonds. The van der Waals surface area contributed by atoms with Gasteiger partial charge in [0.15, 0.2) is 4.34 Å². The van der Waals surface area contributed by atoms with Gasteiger partial charge in [0.25, 0.3) is 0 Å². The van der Waals surface area contributed by atoms with Crippen LogP contribution in [0.25, 0.3) is 5.57 Å². The number of fused-ring (bicyclic) bond motifs is 1. The number of rotatable bonds is 6. The molecule has 0 aromatic carbocycles. The highest BCUT2D eigenvalue weighted by atomic mass is 35.5. The van der Waals surface area contributed by atoms with E-state index in [9.17, 15) is 15.0 Å². The predicted molar refractivity (Wildman–Crippen MR) is 123 cm³/mol. The van der Waals surface area contributed by atoms with Crippen molar-refractivity contribution in [3.8, 4) is 0 Å². The number of carboxylic acid groups (broad SMARTS) is 1. The van der Waals surface area contributed by atoms with Crippen LogP contribution in [0.15, 0.2) is 26.4 Å². The van der Waals surface area contributed by atoms with Crippen molar-refractivity contribution in [2.45, 2.75) is 49.7 Å². The van der Waals surface area contributed by atoms with Crippen molar-refractivity contribution < 1.29 is 19.7 Å². The molecule has 31 heavy (non-hydrogen) atoms. The molecule has 7 nitrogen and oxygen atoms in total. The summed E-state index contributed by atoms with van der Waals surface area (Å²) >= 11 is 8.96. The van der Waals surface area contributed by atoms with Crippen molar-refractivity contribution in [3.05, 3.63) is 27.8 Å². The number of nitrogens with one attached hydrogen (secondary N) is 1. The first-order chi connectivity index (χ1) is 14.8. The molecular weight excluding hydrogens is 458 g/mol. The molecule has 170 valence electrons. The molecule has 1 fully saturated rings. The molecule has 0 spiro atoms. The molecule has 1 saturated heterocycles. The molecule has 5 atom stereocenters. The fourth-order valence-electron chi connectivity index (χ4n) is 4.80. The molecule has 0 radical (unpaired) electrons. The highest BCUT2D eigenvalue weighted by Crippen LogP contribution is 2.52. The maximum atomic E-state index is 12.2. The number of nitrogens with zero attached hydrogens (tertiary/aromatic N) is 2. The van der Waals surface area contributed by atoms with Gasteiger partial charge in [-0.15, -0.1) is 22.9 Å². The number of halogens is 1. The molecule has 1 aromatic heterocycles. The lowest BCUT2D eigenvalue weighted by Crippen LogP contribution is -2.58. The first kappa shape index (κ1) is 23.1. The Labute approximate surface area is 195 Å². The third-order valence-corrected chi connectivity index (χ3v) is 9.23. The third-order valence-electron chi connectivity index (χ3n) is 6.64. The molecule has 3 N–H and O–H groups in total. The lowest BCUT2D eigenvalue weighted by Gasteiger charge is -2.49. The molecule has 1 aromatic rings. The number of hydrogen-bond donors (Lipinski definition) is 3. The second kappa shape index (κ2) is 9.03. The van der Waals surface area contributed by atoms with Gasteiger partial charge in [-0.05, 0) is 18.9 Å². The Balaban J connectivity index is 1.62. The van der Waals surface area contributed by atoms with Crippen molar-refractivity contribution >= 4 is 46.2 Å². The molecule has 0 saturated carbocycles. The van der Waals surface area contributed by atoms with Crippen LogP contribution in [-0.4, -0.2) is 70.0 Å². The summed E-state index contributed by atoms with van der Waals surface area (Å²) < 4.78 is 6.53. The minimum Gasteiger partial charge on any atom is -0.477 e. The summed E-state index contributed by atoms with van der Waals surface area (Å²) in [6, 6.07) is 0.0932. The first-order valence-corrected chi connectivity index (χ1v) is 12.6. The Hall–Kier alpha value is -1.10. The van der Waals surface area contributed by atoms with Crippen LogP contribution in [-0.2, 0) is 9.53 Å². The van der Waals surface area contributed by atoms with E-state index in [-0.39, 0.29) is 30.4 Å². The van der Waals surface area contributed by atoms with Crippen molar-refractivity contribution in [1.82, 2.24) is 15.2 Å². The van der Waals surface area contributed by atoms with Crippen molar-refractivity contribution in [1.29, 1.82) is 0 Å². The van der Waals surface area contributed by atoms with Crippen molar-refractivity contribution in [2.24, 2.45) is 11.3 Å². The van der Waals surface area contributed by atoms with E-state index in [1.165, 1.54) is 28.7 Å². The van der Waals surface area contributed by atoms with Gasteiger partial charge in [0.05, 0.1) is 18.4 Å². The quantitative estimate of drug-likeness (QED) is 0.529. The number of carboxylic acids is 1. The second-order valence-corrected chi connectivity index (χ2v) is 11.1. The normalized spacial score (nSPS) is 32.1. The van der Waals surface area contributed by atoms with Crippen LogP contribution in [0, 0.1) is 11.3 Å². The van der Waals surface area contributed by atoms with Crippen LogP contribution in [0.1, 0.15) is 32.9 Å². The highest BCUT2D eigenvalue weighted by Gasteiger charge is 2.54. The molecule has 0 aliphatic carbocycles. The molecular formula is C21H28ClN3O4S2. The Morgan fingerprint density at radius 1 is 1.58 bits per heavy atom. The molecule has 3 aliphatic heterocycles. The van der Waals surface area contributed by atoms with Gasteiger partial charge in [0, 0.05) is 46.1 Å². The lowest BCUT2D eigenvalue weighted by molar-refractivity contribution is -0.159. The summed E-state index contributed by atoms with van der Waals surface area (Å²) in [6.07, 6.45) is 2.34. The number of ether oxygens (including phenoxy) is 1. The number of hydrogen-bond acceptors (Lipinski definition) is 8. The van der Waals surface area contributed by atoms with E-state index < -0.39 is 17.5 Å². The van der Waals surface area contributed by atoms with Crippen LogP contribution in [0.5, 0.6) is 0 Å². The van der Waals surface area contributed by atoms with Crippen LogP contribution < -0.4 is 5.32 Å². The SMILES string of the molecule is C[C@H]1C(Sc2nc(C3=CCN[C@@H](CCl)C3)cs2)=C(C(=O)O)N2COC[C@](C)([C@@H](C)O)[C@@H]12. The Morgan fingerprint density at radius 2 is 2.35 bits per heavy atom. The maximum Gasteiger partial charge on any atom is 0.353 e. The molecule has 4 rings (SSSR count). The molecule has 0 bridgehead atoms. The van der Waals surface area contributed by atoms with Gasteiger partial charge in [0.2, 0.25) is 0 Å². The van der Waals surface area contributed by atoms with E-state index in [2.05, 4.69) is 11.4 Å². The lowest BCUT2D eigenvalue weighted by atomic mass is 9.73. The average Bonchev–Trinajstić information content (AvgIpc) is 3.32. The summed E-state index contributed by atoms with van der Waals surface area (Å²) in [7, 11) is 0. The van der Waals surface area contributed by atoms with Gasteiger partial charge in [0.1, 0.15) is 12.4 Å². The topological polar surface area (TPSA) is 94.9 Å². The fraction of sp³-hybridized carbons (Fsp3) is 0.619. The number of thioether (sulfide) groups is 1. The summed E-state index contributed by atoms with van der Waals surface area (Å²) in [5.41, 5.74) is 1.80. The van der Waals surface area contributed by atoms with Gasteiger partial charge < -0.3 is 25.2 Å². The number of aliphatic hydroxyl groups is 1. The van der Waals surface area contributed by atoms with E-state index >= 15 is 0 Å². The fourth-order valence-corrected chi connectivity index (χ4v) is 7.14. The number of carbonyl (C=O) groups is 1. The molecule has 3 aliphatic rings. The molecule has 0 unspecified atom stereocenters. The first-order valence-electron chi connectivity index (χ1n) is 10.4. The van der Waals surface area contributed by atoms with E-state index in [4.69, 9.17) is 21.3 Å². The largest absolute Gasteiger partial charge is 0.477 e. The van der Waals surface area contributed by atoms with E-state index in [0.29, 0.717) is 12.5 Å². The van der Waals surface area contributed by atoms with Crippen LogP contribution >= 0.6 is 34.7 Å². The highest BCUT2D eigenvalue weighted by molar-refractivity contribution is 8.04. The van der Waals surface area contributed by atoms with Gasteiger partial charge in [-0.1, -0.05) is 31.7 Å². The molecule has 4 heterocycles. The Kier molecular flexibility index (Phi) is 6.72. The number of aromatic nitrogens is 1. The standard InChI is InChI=1S/C21H28ClN3O4S2/c1-11-17(16(19(27)28)25-10-29-9-21(3,12(2)26)18(11)25)31-20-24-15(8-30-20)13-4-5-23-14(6-13)7-22/h4,8,11-12,14,18,23,26H,5-7,9-10H2,1-3H3,(H,27,28)/t11-,12+,14+,18+,21+/m0/s1. The van der Waals surface area contributed by atoms with E-state index in [1.807, 2.05) is 19.2 Å². The monoisotopic (exact) mass is 485 g/mol. The van der Waals surface area contributed by atoms with Gasteiger partial charge in [-0.2, -0.15) is 0 Å². The third kappa shape index (κ3) is 4.16. The second-order valence-electron chi connectivity index (χ2n) is 8.67. The summed E-state index contributed by atoms with van der Waals surface area (Å²) in [5, 5.41) is 25.9. The number of aliphatic carboxylic acids is 1. The van der Waals surface area contributed by atoms with Gasteiger partial charge >= 0.3 is 5.97 Å². The number of alkyl halides is 1. The van der Waals surface area contributed by atoms with Crippen LogP contribution in [0.3, 0.4) is 0 Å². The van der Waals surface area contributed by atoms with Crippen LogP contribution in [0.4, 0.5) is 0 Å². The maximum absolute atomic E-state index is 12.2. The summed E-state index contributed by atoms with van der Waals surface area (Å²) in [6.45, 7) is 7.14. The van der Waals surface area contributed by atoms with E-state index in [1.54, 1.807) is 11.8 Å². The Bertz CT molecular complexity index is 918.